The predicted octanol–water partition coefficient (Wildman–Crippen LogP) is -0.705. The maximum atomic E-state index is 10.7. The highest BCUT2D eigenvalue weighted by molar-refractivity contribution is 7.98. The van der Waals surface area contributed by atoms with E-state index < -0.39 is 5.95 Å². The quantitative estimate of drug-likeness (QED) is 0.389. The lowest BCUT2D eigenvalue weighted by molar-refractivity contribution is -0.772. The van der Waals surface area contributed by atoms with Crippen molar-refractivity contribution >= 4 is 11.8 Å². The highest BCUT2D eigenvalue weighted by Gasteiger charge is 2.09. The van der Waals surface area contributed by atoms with E-state index >= 15 is 0 Å². The van der Waals surface area contributed by atoms with Crippen molar-refractivity contribution in [2.45, 2.75) is 5.03 Å². The zero-order chi connectivity index (χ0) is 7.56. The summed E-state index contributed by atoms with van der Waals surface area (Å²) in [6.45, 7) is 0. The van der Waals surface area contributed by atoms with Crippen molar-refractivity contribution in [3.8, 4) is 5.95 Å². The first-order valence-corrected chi connectivity index (χ1v) is 3.42. The van der Waals surface area contributed by atoms with Gasteiger partial charge < -0.3 is 9.63 Å². The van der Waals surface area contributed by atoms with Crippen LogP contribution in [0.5, 0.6) is 5.95 Å². The third kappa shape index (κ3) is 0.999. The highest BCUT2D eigenvalue weighted by atomic mass is 32.2. The normalized spacial score (nSPS) is 11.4. The number of aryl methyl sites for hydroxylation is 1. The van der Waals surface area contributed by atoms with Gasteiger partial charge in [0.2, 0.25) is 0 Å². The van der Waals surface area contributed by atoms with Crippen LogP contribution < -0.4 is 9.79 Å². The van der Waals surface area contributed by atoms with Crippen LogP contribution in [0.25, 0.3) is 0 Å². The van der Waals surface area contributed by atoms with Crippen molar-refractivity contribution in [3.63, 3.8) is 0 Å². The first-order chi connectivity index (χ1) is 4.79. The van der Waals surface area contributed by atoms with Crippen LogP contribution in [0.3, 0.4) is 0 Å². The molecule has 0 N–H and O–H groups in total. The minimum Gasteiger partial charge on any atom is -0.538 e. The molecule has 0 aliphatic rings. The molecular formula is C4H6N2O2S. The smallest absolute Gasteiger partial charge is 0.290 e. The molecule has 0 saturated carbocycles. The van der Waals surface area contributed by atoms with E-state index in [1.807, 2.05) is 0 Å². The van der Waals surface area contributed by atoms with Gasteiger partial charge in [0.05, 0.1) is 5.27 Å². The van der Waals surface area contributed by atoms with Gasteiger partial charge in [-0.3, -0.25) is 0 Å². The Hall–Kier alpha value is -0.710. The highest BCUT2D eigenvalue weighted by Crippen LogP contribution is 2.16. The molecule has 1 rings (SSSR count). The first-order valence-electron chi connectivity index (χ1n) is 2.90. The Balaban J connectivity index is 3.01. The molecule has 50 valence electrons. The van der Waals surface area contributed by atoms with Gasteiger partial charge in [-0.25, -0.2) is 0 Å². The summed E-state index contributed by atoms with van der Waals surface area (Å²) in [6, 6.07) is 0. The lowest BCUT2D eigenvalue weighted by Gasteiger charge is -1.86. The minimum absolute atomic E-state index is 0.0814. The second-order valence-electron chi connectivity index (χ2n) is 1.37. The molecule has 0 bridgehead atoms. The van der Waals surface area contributed by atoms with Crippen LogP contribution in [-0.2, 0) is 7.02 Å². The Morgan fingerprint density at radius 1 is 2.00 bits per heavy atom. The predicted molar refractivity (Wildman–Crippen MR) is 28.9 cm³/mol. The van der Waals surface area contributed by atoms with E-state index in [0.29, 0.717) is 5.03 Å². The number of aromatic nitrogens is 2. The van der Waals surface area contributed by atoms with Crippen LogP contribution in [0.15, 0.2) is 9.55 Å². The van der Waals surface area contributed by atoms with E-state index in [2.05, 4.69) is 9.79 Å². The van der Waals surface area contributed by atoms with Crippen LogP contribution in [-0.4, -0.2) is 11.5 Å². The molecule has 0 spiro atoms. The van der Waals surface area contributed by atoms with E-state index in [-0.39, 0.29) is 7.02 Å². The van der Waals surface area contributed by atoms with Gasteiger partial charge in [-0.15, -0.1) is 0 Å². The van der Waals surface area contributed by atoms with Gasteiger partial charge in [0, 0.05) is 0 Å². The molecule has 4 nitrogen and oxygen atoms in total. The minimum atomic E-state index is -0.472. The Bertz CT molecular complexity index is 227. The topological polar surface area (TPSA) is 53.0 Å². The molecule has 0 amide bonds. The molecule has 9 heavy (non-hydrogen) atoms. The molecule has 0 aliphatic heterocycles. The first kappa shape index (κ1) is 5.10. The maximum Gasteiger partial charge on any atom is 0.290 e. The molecule has 0 aromatic carbocycles. The zero-order valence-electron chi connectivity index (χ0n) is 5.83. The largest absolute Gasteiger partial charge is 0.538 e. The van der Waals surface area contributed by atoms with E-state index in [4.69, 9.17) is 1.37 Å². The number of rotatable bonds is 1. The number of hydrogen-bond donors (Lipinski definition) is 0. The van der Waals surface area contributed by atoms with Gasteiger partial charge >= 0.3 is 0 Å². The second-order valence-corrected chi connectivity index (χ2v) is 2.16. The van der Waals surface area contributed by atoms with Gasteiger partial charge in [0.25, 0.3) is 5.03 Å². The third-order valence-corrected chi connectivity index (χ3v) is 1.59. The van der Waals surface area contributed by atoms with E-state index in [1.165, 1.54) is 16.4 Å². The summed E-state index contributed by atoms with van der Waals surface area (Å²) in [5.41, 5.74) is 0. The Morgan fingerprint density at radius 3 is 3.22 bits per heavy atom. The van der Waals surface area contributed by atoms with Crippen LogP contribution >= 0.6 is 11.8 Å². The molecule has 0 radical (unpaired) electrons. The summed E-state index contributed by atoms with van der Waals surface area (Å²) < 4.78 is 12.4. The lowest BCUT2D eigenvalue weighted by atomic mass is 10.9. The van der Waals surface area contributed by atoms with E-state index in [9.17, 15) is 5.11 Å². The average molecular weight is 147 g/mol. The van der Waals surface area contributed by atoms with Crippen molar-refractivity contribution in [2.24, 2.45) is 7.02 Å². The number of hydrogen-bond acceptors (Lipinski definition) is 4. The summed E-state index contributed by atoms with van der Waals surface area (Å²) in [4.78, 5) is 0. The van der Waals surface area contributed by atoms with Gasteiger partial charge in [-0.2, -0.15) is 0 Å². The summed E-state index contributed by atoms with van der Waals surface area (Å²) >= 11 is 1.23. The summed E-state index contributed by atoms with van der Waals surface area (Å²) in [6.07, 6.45) is 1.74. The molecule has 0 saturated heterocycles. The molecular weight excluding hydrogens is 140 g/mol. The van der Waals surface area contributed by atoms with Crippen LogP contribution in [0, 0.1) is 0 Å². The van der Waals surface area contributed by atoms with E-state index in [0.717, 1.165) is 0 Å². The second kappa shape index (κ2) is 2.26. The summed E-state index contributed by atoms with van der Waals surface area (Å²) in [7, 11) is -0.0814. The van der Waals surface area contributed by atoms with Crippen LogP contribution in [0.2, 0.25) is 0 Å². The Morgan fingerprint density at radius 2 is 2.78 bits per heavy atom. The zero-order valence-corrected chi connectivity index (χ0v) is 5.64. The Labute approximate surface area is 57.8 Å². The molecule has 5 heteroatoms. The number of thioether (sulfide) groups is 1. The maximum absolute atomic E-state index is 10.7. The van der Waals surface area contributed by atoms with E-state index in [1.54, 1.807) is 6.26 Å². The monoisotopic (exact) mass is 147 g/mol. The van der Waals surface area contributed by atoms with Gasteiger partial charge in [0.1, 0.15) is 1.37 Å². The molecule has 0 unspecified atom stereocenters. The van der Waals surface area contributed by atoms with Crippen molar-refractivity contribution in [3.05, 3.63) is 0 Å². The molecule has 1 heterocycles. The standard InChI is InChI=1S/C4H6N2O2S/c1-6-3(9-2)4(7)8-5-6/h1-2H3/i1D. The van der Waals surface area contributed by atoms with Gasteiger partial charge in [0.15, 0.2) is 13.0 Å². The molecule has 0 atom stereocenters. The van der Waals surface area contributed by atoms with Crippen molar-refractivity contribution in [1.82, 2.24) is 5.27 Å². The van der Waals surface area contributed by atoms with Crippen molar-refractivity contribution in [2.75, 3.05) is 6.26 Å². The molecule has 1 aromatic rings. The van der Waals surface area contributed by atoms with Crippen molar-refractivity contribution < 1.29 is 15.7 Å². The fourth-order valence-electron chi connectivity index (χ4n) is 0.457. The fourth-order valence-corrected chi connectivity index (χ4v) is 0.905. The average Bonchev–Trinajstić information content (AvgIpc) is 2.30. The van der Waals surface area contributed by atoms with Gasteiger partial charge in [-0.1, -0.05) is 16.4 Å². The Kier molecular flexibility index (Phi) is 1.28. The lowest BCUT2D eigenvalue weighted by Crippen LogP contribution is -2.31. The van der Waals surface area contributed by atoms with Crippen LogP contribution in [0.1, 0.15) is 1.37 Å². The molecule has 1 aromatic heterocycles. The fraction of sp³-hybridized carbons (Fsp3) is 0.500. The van der Waals surface area contributed by atoms with Crippen LogP contribution in [0.4, 0.5) is 0 Å². The van der Waals surface area contributed by atoms with Gasteiger partial charge in [-0.05, 0) is 6.26 Å². The number of nitrogens with zero attached hydrogens (tertiary/aromatic N) is 2. The molecule has 0 fully saturated rings. The summed E-state index contributed by atoms with van der Waals surface area (Å²) in [5.74, 6) is -0.472. The third-order valence-electron chi connectivity index (χ3n) is 0.825. The summed E-state index contributed by atoms with van der Waals surface area (Å²) in [5, 5.41) is 14.4. The van der Waals surface area contributed by atoms with Crippen molar-refractivity contribution in [1.29, 1.82) is 0 Å². The molecule has 0 aliphatic carbocycles. The SMILES string of the molecule is [2H]C[n+]1noc([O-])c1SC.